The summed E-state index contributed by atoms with van der Waals surface area (Å²) in [7, 11) is 2.79. The number of anilines is 1. The van der Waals surface area contributed by atoms with E-state index in [9.17, 15) is 17.6 Å². The minimum Gasteiger partial charge on any atom is -0.494 e. The van der Waals surface area contributed by atoms with Crippen LogP contribution in [-0.2, 0) is 13.8 Å². The highest BCUT2D eigenvalue weighted by Gasteiger charge is 2.38. The smallest absolute Gasteiger partial charge is 0.237 e. The second-order valence-corrected chi connectivity index (χ2v) is 7.03. The molecule has 1 saturated heterocycles. The number of halogens is 2. The summed E-state index contributed by atoms with van der Waals surface area (Å²) in [6.07, 6.45) is -0.188. The lowest BCUT2D eigenvalue weighted by Crippen LogP contribution is -2.27. The van der Waals surface area contributed by atoms with Gasteiger partial charge in [-0.3, -0.25) is 4.79 Å². The molecule has 0 spiro atoms. The predicted octanol–water partition coefficient (Wildman–Crippen LogP) is 1.51. The van der Waals surface area contributed by atoms with Crippen LogP contribution in [0.3, 0.4) is 0 Å². The third-order valence-corrected chi connectivity index (χ3v) is 4.79. The van der Waals surface area contributed by atoms with Crippen molar-refractivity contribution < 1.29 is 22.3 Å². The molecule has 0 N–H and O–H groups in total. The van der Waals surface area contributed by atoms with Crippen LogP contribution in [0.1, 0.15) is 6.42 Å². The number of ether oxygens (including phenoxy) is 1. The maximum Gasteiger partial charge on any atom is 0.237 e. The Balaban J connectivity index is 2.36. The lowest BCUT2D eigenvalue weighted by atomic mass is 10.2. The molecule has 0 aromatic heterocycles. The quantitative estimate of drug-likeness (QED) is 0.794. The van der Waals surface area contributed by atoms with Crippen LogP contribution in [0.25, 0.3) is 0 Å². The van der Waals surface area contributed by atoms with E-state index in [1.54, 1.807) is 0 Å². The van der Waals surface area contributed by atoms with Crippen LogP contribution in [0, 0.1) is 5.82 Å². The van der Waals surface area contributed by atoms with Crippen LogP contribution in [0.5, 0.6) is 5.75 Å². The summed E-state index contributed by atoms with van der Waals surface area (Å²) in [4.78, 5) is 13.1. The maximum absolute atomic E-state index is 13.1. The molecule has 104 valence electrons. The predicted molar refractivity (Wildman–Crippen MR) is 68.5 cm³/mol. The number of nitrogens with zero attached hydrogens (tertiary/aromatic N) is 1. The Morgan fingerprint density at radius 1 is 1.47 bits per heavy atom. The molecule has 1 unspecified atom stereocenters. The zero-order valence-corrected chi connectivity index (χ0v) is 11.5. The first-order valence-electron chi connectivity index (χ1n) is 5.40. The SMILES string of the molecule is COc1cc(F)ccc1N1CC(S(=O)(=O)Cl)CC1=O. The zero-order valence-electron chi connectivity index (χ0n) is 9.97. The van der Waals surface area contributed by atoms with Crippen molar-refractivity contribution in [3.05, 3.63) is 24.0 Å². The van der Waals surface area contributed by atoms with E-state index in [4.69, 9.17) is 15.4 Å². The second-order valence-electron chi connectivity index (χ2n) is 4.12. The van der Waals surface area contributed by atoms with E-state index in [1.165, 1.54) is 24.1 Å². The molecule has 8 heteroatoms. The topological polar surface area (TPSA) is 63.7 Å². The van der Waals surface area contributed by atoms with Crippen molar-refractivity contribution in [1.29, 1.82) is 0 Å². The molecule has 1 aliphatic rings. The molecule has 1 aromatic rings. The van der Waals surface area contributed by atoms with Gasteiger partial charge in [-0.2, -0.15) is 0 Å². The number of methoxy groups -OCH3 is 1. The summed E-state index contributed by atoms with van der Waals surface area (Å²) >= 11 is 0. The van der Waals surface area contributed by atoms with E-state index in [-0.39, 0.29) is 24.6 Å². The van der Waals surface area contributed by atoms with Crippen molar-refractivity contribution >= 4 is 31.3 Å². The number of carbonyl (C=O) groups is 1. The maximum atomic E-state index is 13.1. The lowest BCUT2D eigenvalue weighted by molar-refractivity contribution is -0.117. The van der Waals surface area contributed by atoms with E-state index in [0.29, 0.717) is 5.69 Å². The molecule has 0 saturated carbocycles. The Labute approximate surface area is 114 Å². The average Bonchev–Trinajstić information content (AvgIpc) is 2.71. The largest absolute Gasteiger partial charge is 0.494 e. The monoisotopic (exact) mass is 307 g/mol. The normalized spacial score (nSPS) is 19.8. The summed E-state index contributed by atoms with van der Waals surface area (Å²) < 4.78 is 40.6. The molecule has 1 atom stereocenters. The molecule has 5 nitrogen and oxygen atoms in total. The zero-order chi connectivity index (χ0) is 14.2. The molecule has 2 rings (SSSR count). The van der Waals surface area contributed by atoms with Gasteiger partial charge in [-0.15, -0.1) is 0 Å². The Kier molecular flexibility index (Phi) is 3.69. The van der Waals surface area contributed by atoms with Crippen molar-refractivity contribution in [2.75, 3.05) is 18.6 Å². The van der Waals surface area contributed by atoms with Crippen LogP contribution in [0.2, 0.25) is 0 Å². The van der Waals surface area contributed by atoms with Gasteiger partial charge in [-0.1, -0.05) is 0 Å². The van der Waals surface area contributed by atoms with E-state index >= 15 is 0 Å². The van der Waals surface area contributed by atoms with Gasteiger partial charge in [0, 0.05) is 29.7 Å². The van der Waals surface area contributed by atoms with Crippen molar-refractivity contribution in [2.24, 2.45) is 0 Å². The number of rotatable bonds is 3. The molecule has 0 radical (unpaired) electrons. The number of hydrogen-bond acceptors (Lipinski definition) is 4. The number of benzene rings is 1. The minimum atomic E-state index is -3.81. The van der Waals surface area contributed by atoms with Crippen LogP contribution >= 0.6 is 10.7 Å². The Bertz CT molecular complexity index is 619. The average molecular weight is 308 g/mol. The molecular weight excluding hydrogens is 297 g/mol. The highest BCUT2D eigenvalue weighted by Crippen LogP contribution is 2.33. The Morgan fingerprint density at radius 3 is 2.68 bits per heavy atom. The third-order valence-electron chi connectivity index (χ3n) is 2.92. The highest BCUT2D eigenvalue weighted by molar-refractivity contribution is 8.14. The fourth-order valence-corrected chi connectivity index (χ4v) is 3.00. The van der Waals surface area contributed by atoms with Gasteiger partial charge in [-0.25, -0.2) is 12.8 Å². The van der Waals surface area contributed by atoms with E-state index < -0.39 is 20.1 Å². The van der Waals surface area contributed by atoms with Crippen molar-refractivity contribution in [3.8, 4) is 5.75 Å². The molecule has 1 aromatic carbocycles. The van der Waals surface area contributed by atoms with Gasteiger partial charge < -0.3 is 9.64 Å². The molecule has 1 fully saturated rings. The molecule has 1 aliphatic heterocycles. The lowest BCUT2D eigenvalue weighted by Gasteiger charge is -2.19. The van der Waals surface area contributed by atoms with Gasteiger partial charge in [0.05, 0.1) is 12.8 Å². The van der Waals surface area contributed by atoms with Crippen molar-refractivity contribution in [1.82, 2.24) is 0 Å². The number of carbonyl (C=O) groups excluding carboxylic acids is 1. The van der Waals surface area contributed by atoms with Gasteiger partial charge in [0.25, 0.3) is 0 Å². The summed E-state index contributed by atoms with van der Waals surface area (Å²) in [6, 6.07) is 3.67. The van der Waals surface area contributed by atoms with Gasteiger partial charge in [-0.05, 0) is 12.1 Å². The van der Waals surface area contributed by atoms with E-state index in [2.05, 4.69) is 0 Å². The second kappa shape index (κ2) is 4.97. The van der Waals surface area contributed by atoms with Gasteiger partial charge in [0.1, 0.15) is 16.8 Å². The van der Waals surface area contributed by atoms with Crippen LogP contribution < -0.4 is 9.64 Å². The van der Waals surface area contributed by atoms with Gasteiger partial charge in [0.2, 0.25) is 15.0 Å². The van der Waals surface area contributed by atoms with Crippen LogP contribution in [0.4, 0.5) is 10.1 Å². The summed E-state index contributed by atoms with van der Waals surface area (Å²) in [6.45, 7) is -0.0628. The van der Waals surface area contributed by atoms with Gasteiger partial charge >= 0.3 is 0 Å². The van der Waals surface area contributed by atoms with Gasteiger partial charge in [0.15, 0.2) is 0 Å². The number of amides is 1. The molecular formula is C11H11ClFNO4S. The van der Waals surface area contributed by atoms with Crippen molar-refractivity contribution in [3.63, 3.8) is 0 Å². The fraction of sp³-hybridized carbons (Fsp3) is 0.364. The first kappa shape index (κ1) is 14.1. The van der Waals surface area contributed by atoms with Crippen molar-refractivity contribution in [2.45, 2.75) is 11.7 Å². The fourth-order valence-electron chi connectivity index (χ4n) is 1.97. The Morgan fingerprint density at radius 2 is 2.16 bits per heavy atom. The summed E-state index contributed by atoms with van der Waals surface area (Å²) in [5, 5.41) is -0.962. The third kappa shape index (κ3) is 2.82. The van der Waals surface area contributed by atoms with E-state index in [1.807, 2.05) is 0 Å². The molecule has 0 aliphatic carbocycles. The molecule has 0 bridgehead atoms. The summed E-state index contributed by atoms with van der Waals surface area (Å²) in [5.74, 6) is -0.728. The molecule has 1 heterocycles. The summed E-state index contributed by atoms with van der Waals surface area (Å²) in [5.41, 5.74) is 0.330. The standard InChI is InChI=1S/C11H11ClFNO4S/c1-18-10-4-7(13)2-3-9(10)14-6-8(5-11(14)15)19(12,16)17/h2-4,8H,5-6H2,1H3. The highest BCUT2D eigenvalue weighted by atomic mass is 35.7. The first-order chi connectivity index (χ1) is 8.82. The molecule has 19 heavy (non-hydrogen) atoms. The van der Waals surface area contributed by atoms with Crippen LogP contribution in [-0.4, -0.2) is 33.2 Å². The Hall–Kier alpha value is -1.34. The first-order valence-corrected chi connectivity index (χ1v) is 7.77. The minimum absolute atomic E-state index is 0.0628. The number of hydrogen-bond donors (Lipinski definition) is 0. The van der Waals surface area contributed by atoms with E-state index in [0.717, 1.165) is 6.07 Å². The van der Waals surface area contributed by atoms with Crippen LogP contribution in [0.15, 0.2) is 18.2 Å². The molecule has 1 amide bonds.